The van der Waals surface area contributed by atoms with E-state index >= 15 is 0 Å². The van der Waals surface area contributed by atoms with Crippen LogP contribution in [0.4, 0.5) is 11.4 Å². The van der Waals surface area contributed by atoms with Crippen molar-refractivity contribution in [2.75, 3.05) is 25.7 Å². The fourth-order valence-corrected chi connectivity index (χ4v) is 13.9. The Hall–Kier alpha value is -7.78. The first kappa shape index (κ1) is 56.1. The van der Waals surface area contributed by atoms with E-state index in [0.717, 1.165) is 115 Å². The number of rotatable bonds is 19. The quantitative estimate of drug-likeness (QED) is 0.0638. The molecule has 2 saturated carbocycles. The van der Waals surface area contributed by atoms with Crippen LogP contribution in [-0.4, -0.2) is 77.1 Å². The number of nitrogens with two attached hydrogens (primary N) is 3. The second kappa shape index (κ2) is 24.4. The topological polar surface area (TPSA) is 248 Å². The molecular weight excluding hydrogens is 1080 g/mol. The number of ether oxygens (including phenoxy) is 4. The van der Waals surface area contributed by atoms with Gasteiger partial charge in [0.25, 0.3) is 20.0 Å². The molecule has 4 atom stereocenters. The number of nitrogens with zero attached hydrogens (tertiary/aromatic N) is 7. The lowest BCUT2D eigenvalue weighted by Crippen LogP contribution is -2.30. The Labute approximate surface area is 479 Å². The van der Waals surface area contributed by atoms with E-state index < -0.39 is 20.0 Å². The van der Waals surface area contributed by atoms with E-state index in [1.165, 1.54) is 39.0 Å². The number of sulfonamides is 2. The van der Waals surface area contributed by atoms with Crippen LogP contribution < -0.4 is 35.6 Å². The maximum absolute atomic E-state index is 14.1. The molecule has 4 aliphatic carbocycles. The highest BCUT2D eigenvalue weighted by Gasteiger charge is 2.32. The number of fused-ring (bicyclic) bond motifs is 2. The fraction of sp³-hybridized carbons (Fsp3) is 0.355. The summed E-state index contributed by atoms with van der Waals surface area (Å²) in [5.41, 5.74) is 25.9. The normalized spacial score (nSPS) is 18.4. The van der Waals surface area contributed by atoms with Gasteiger partial charge in [-0.05, 0) is 182 Å². The van der Waals surface area contributed by atoms with Crippen LogP contribution in [-0.2, 0) is 71.9 Å². The molecule has 6 N–H and O–H groups in total. The van der Waals surface area contributed by atoms with Crippen molar-refractivity contribution in [3.05, 3.63) is 167 Å². The number of anilines is 2. The molecule has 4 aromatic heterocycles. The summed E-state index contributed by atoms with van der Waals surface area (Å²) in [6.07, 6.45) is 19.1. The van der Waals surface area contributed by atoms with E-state index in [0.29, 0.717) is 48.2 Å². The van der Waals surface area contributed by atoms with Crippen molar-refractivity contribution in [1.82, 2.24) is 33.8 Å². The number of aromatic nitrogens is 6. The predicted molar refractivity (Wildman–Crippen MR) is 314 cm³/mol. The molecule has 0 radical (unpaired) electrons. The molecule has 0 amide bonds. The maximum atomic E-state index is 14.1. The summed E-state index contributed by atoms with van der Waals surface area (Å²) in [5.74, 6) is 3.25. The third-order valence-corrected chi connectivity index (χ3v) is 18.8. The first-order valence-corrected chi connectivity index (χ1v) is 31.1. The van der Waals surface area contributed by atoms with Crippen molar-refractivity contribution >= 4 is 31.4 Å². The minimum Gasteiger partial charge on any atom is -0.497 e. The van der Waals surface area contributed by atoms with E-state index in [9.17, 15) is 16.8 Å². The fourth-order valence-electron chi connectivity index (χ4n) is 12.1. The van der Waals surface area contributed by atoms with Gasteiger partial charge in [0.15, 0.2) is 10.1 Å². The monoisotopic (exact) mass is 1150 g/mol. The number of pyridine rings is 2. The highest BCUT2D eigenvalue weighted by atomic mass is 32.2. The summed E-state index contributed by atoms with van der Waals surface area (Å²) < 4.78 is 78.9. The Balaban J connectivity index is 0.000000189. The van der Waals surface area contributed by atoms with E-state index in [-0.39, 0.29) is 35.3 Å². The van der Waals surface area contributed by atoms with Gasteiger partial charge in [-0.25, -0.2) is 31.9 Å². The van der Waals surface area contributed by atoms with Crippen LogP contribution in [0.3, 0.4) is 0 Å². The highest BCUT2D eigenvalue weighted by Crippen LogP contribution is 2.39. The Bertz CT molecular complexity index is 3730. The zero-order valence-electron chi connectivity index (χ0n) is 46.3. The van der Waals surface area contributed by atoms with Gasteiger partial charge in [0.1, 0.15) is 23.7 Å². The standard InChI is InChI=1S/C39H43N5O5S.C23H27N5O3S/c1-47-32-12-6-27(7-13-32)25-44(26-28-8-14-33(48-2)15-9-28)50(45,46)38-19-21-43(42-38)24-29-10-16-34(22-29)49-37-23-31(18-20-41-37)36-17-11-30-4-3-5-35(30)39(36)40;24-23-19-3-1-2-16(19)5-7-20(23)17-8-10-26-21(13-17)31-18-6-4-15(12-18)14-28-11-9-22(27-28)32(25,29)30/h6-9,11-15,17-21,23,29,34H,3-5,10,16,22,24-26,40H2,1-2H3;5,7-11,13,15,18H,1-4,6,12,14,24H2,(H2,25,29,30). The van der Waals surface area contributed by atoms with Gasteiger partial charge in [-0.3, -0.25) is 9.36 Å². The highest BCUT2D eigenvalue weighted by molar-refractivity contribution is 7.89. The van der Waals surface area contributed by atoms with Gasteiger partial charge in [-0.1, -0.05) is 48.5 Å². The summed E-state index contributed by atoms with van der Waals surface area (Å²) in [4.78, 5) is 8.91. The Morgan fingerprint density at radius 1 is 0.561 bits per heavy atom. The van der Waals surface area contributed by atoms with Crippen LogP contribution in [0.25, 0.3) is 22.3 Å². The molecule has 0 spiro atoms. The van der Waals surface area contributed by atoms with Gasteiger partial charge in [0.2, 0.25) is 11.8 Å². The number of nitrogen functional groups attached to an aromatic ring is 2. The van der Waals surface area contributed by atoms with E-state index in [1.807, 2.05) is 72.8 Å². The summed E-state index contributed by atoms with van der Waals surface area (Å²) in [6, 6.07) is 34.3. The lowest BCUT2D eigenvalue weighted by Gasteiger charge is -2.22. The number of aryl methyl sites for hydroxylation is 2. The summed E-state index contributed by atoms with van der Waals surface area (Å²) in [7, 11) is -4.50. The van der Waals surface area contributed by atoms with E-state index in [1.54, 1.807) is 54.4 Å². The minimum atomic E-state index is -3.93. The van der Waals surface area contributed by atoms with E-state index in [2.05, 4.69) is 44.4 Å². The molecule has 82 heavy (non-hydrogen) atoms. The number of primary sulfonamides is 1. The predicted octanol–water partition coefficient (Wildman–Crippen LogP) is 9.58. The molecule has 4 aliphatic rings. The average Bonchev–Trinajstić information content (AvgIpc) is 4.38. The first-order chi connectivity index (χ1) is 39.6. The molecule has 0 bridgehead atoms. The molecule has 0 aliphatic heterocycles. The van der Waals surface area contributed by atoms with Crippen LogP contribution in [0.15, 0.2) is 144 Å². The van der Waals surface area contributed by atoms with Crippen molar-refractivity contribution in [2.45, 2.75) is 125 Å². The third kappa shape index (κ3) is 12.9. The number of hydrogen-bond acceptors (Lipinski definition) is 14. The van der Waals surface area contributed by atoms with Crippen molar-refractivity contribution in [2.24, 2.45) is 17.0 Å². The average molecular weight is 1150 g/mol. The minimum absolute atomic E-state index is 0.0170. The van der Waals surface area contributed by atoms with Crippen LogP contribution in [0, 0.1) is 11.8 Å². The lowest BCUT2D eigenvalue weighted by molar-refractivity contribution is 0.193. The van der Waals surface area contributed by atoms with Crippen molar-refractivity contribution in [1.29, 1.82) is 0 Å². The van der Waals surface area contributed by atoms with Gasteiger partial charge in [-0.15, -0.1) is 0 Å². The second-order valence-corrected chi connectivity index (χ2v) is 25.3. The molecule has 20 heteroatoms. The van der Waals surface area contributed by atoms with Gasteiger partial charge in [-0.2, -0.15) is 14.5 Å². The largest absolute Gasteiger partial charge is 0.497 e. The smallest absolute Gasteiger partial charge is 0.262 e. The number of methoxy groups -OCH3 is 2. The van der Waals surface area contributed by atoms with Crippen molar-refractivity contribution in [3.8, 4) is 45.5 Å². The van der Waals surface area contributed by atoms with Crippen molar-refractivity contribution < 1.29 is 35.8 Å². The Morgan fingerprint density at radius 3 is 1.45 bits per heavy atom. The third-order valence-electron chi connectivity index (χ3n) is 16.4. The summed E-state index contributed by atoms with van der Waals surface area (Å²) in [5, 5.41) is 13.7. The molecular formula is C62H70N10O8S2. The van der Waals surface area contributed by atoms with Gasteiger partial charge < -0.3 is 30.4 Å². The molecule has 2 fully saturated rings. The molecule has 428 valence electrons. The number of benzene rings is 4. The lowest BCUT2D eigenvalue weighted by atomic mass is 9.98. The van der Waals surface area contributed by atoms with E-state index in [4.69, 9.17) is 35.6 Å². The van der Waals surface area contributed by atoms with Crippen molar-refractivity contribution in [3.63, 3.8) is 0 Å². The zero-order chi connectivity index (χ0) is 57.0. The van der Waals surface area contributed by atoms with Crippen LogP contribution in [0.2, 0.25) is 0 Å². The SMILES string of the molecule is COc1ccc(CN(Cc2ccc(OC)cc2)S(=O)(=O)c2ccn(CC3CCC(Oc4cc(-c5ccc6c(c5N)CCC6)ccn4)C3)n2)cc1.Nc1c(-c2ccnc(OC3CCC(Cn4ccc(S(N)(=O)=O)n4)C3)c2)ccc2c1CCC2. The second-order valence-electron chi connectivity index (χ2n) is 21.9. The molecule has 12 rings (SSSR count). The maximum Gasteiger partial charge on any atom is 0.262 e. The molecule has 4 aromatic carbocycles. The van der Waals surface area contributed by atoms with Crippen LogP contribution in [0.5, 0.6) is 23.3 Å². The first-order valence-electron chi connectivity index (χ1n) is 28.1. The molecule has 8 aromatic rings. The van der Waals surface area contributed by atoms with Crippen LogP contribution >= 0.6 is 0 Å². The van der Waals surface area contributed by atoms with Gasteiger partial charge in [0, 0.05) is 85.6 Å². The Morgan fingerprint density at radius 2 is 1.01 bits per heavy atom. The summed E-state index contributed by atoms with van der Waals surface area (Å²) >= 11 is 0. The Kier molecular flexibility index (Phi) is 16.7. The van der Waals surface area contributed by atoms with Gasteiger partial charge in [0.05, 0.1) is 14.2 Å². The van der Waals surface area contributed by atoms with Crippen LogP contribution in [0.1, 0.15) is 84.7 Å². The molecule has 4 unspecified atom stereocenters. The molecule has 18 nitrogen and oxygen atoms in total. The van der Waals surface area contributed by atoms with Gasteiger partial charge >= 0.3 is 0 Å². The molecule has 0 saturated heterocycles. The number of hydrogen-bond donors (Lipinski definition) is 3. The zero-order valence-corrected chi connectivity index (χ0v) is 47.9. The summed E-state index contributed by atoms with van der Waals surface area (Å²) in [6.45, 7) is 1.60. The molecule has 4 heterocycles.